The molecule has 0 spiro atoms. The Balaban J connectivity index is 1.81. The van der Waals surface area contributed by atoms with Crippen molar-refractivity contribution in [2.24, 2.45) is 0 Å². The van der Waals surface area contributed by atoms with Gasteiger partial charge in [-0.1, -0.05) is 0 Å². The molecule has 0 aliphatic heterocycles. The minimum Gasteiger partial charge on any atom is -0.467 e. The SMILES string of the molecule is Cc1nc(-c2ccc(F)cc2)ccc1C(=O)N(C)Cc1ccco1. The number of nitrogens with zero attached hydrogens (tertiary/aromatic N) is 2. The number of rotatable bonds is 4. The Morgan fingerprint density at radius 2 is 1.92 bits per heavy atom. The van der Waals surface area contributed by atoms with Gasteiger partial charge in [-0.05, 0) is 55.5 Å². The summed E-state index contributed by atoms with van der Waals surface area (Å²) in [6.07, 6.45) is 1.58. The quantitative estimate of drug-likeness (QED) is 0.727. The van der Waals surface area contributed by atoms with Crippen LogP contribution in [0.15, 0.2) is 59.2 Å². The number of halogens is 1. The Kier molecular flexibility index (Phi) is 4.42. The summed E-state index contributed by atoms with van der Waals surface area (Å²) in [6, 6.07) is 13.3. The molecule has 1 aromatic carbocycles. The Labute approximate surface area is 139 Å². The standard InChI is InChI=1S/C19H17FN2O2/c1-13-17(19(23)22(2)12-16-4-3-11-24-16)9-10-18(21-13)14-5-7-15(20)8-6-14/h3-11H,12H2,1-2H3. The second kappa shape index (κ2) is 6.66. The normalized spacial score (nSPS) is 10.6. The van der Waals surface area contributed by atoms with Gasteiger partial charge in [0.25, 0.3) is 5.91 Å². The van der Waals surface area contributed by atoms with Gasteiger partial charge < -0.3 is 9.32 Å². The summed E-state index contributed by atoms with van der Waals surface area (Å²) in [4.78, 5) is 18.6. The molecule has 2 heterocycles. The molecular formula is C19H17FN2O2. The molecule has 0 aliphatic carbocycles. The summed E-state index contributed by atoms with van der Waals surface area (Å²) < 4.78 is 18.3. The number of pyridine rings is 1. The summed E-state index contributed by atoms with van der Waals surface area (Å²) in [5.74, 6) is 0.309. The van der Waals surface area contributed by atoms with Crippen LogP contribution in [0.2, 0.25) is 0 Å². The predicted octanol–water partition coefficient (Wildman–Crippen LogP) is 4.06. The number of carbonyl (C=O) groups excluding carboxylic acids is 1. The van der Waals surface area contributed by atoms with Crippen LogP contribution in [0.5, 0.6) is 0 Å². The van der Waals surface area contributed by atoms with E-state index in [1.54, 1.807) is 55.5 Å². The third-order valence-corrected chi connectivity index (χ3v) is 3.78. The fourth-order valence-electron chi connectivity index (χ4n) is 2.48. The van der Waals surface area contributed by atoms with Crippen LogP contribution in [0.25, 0.3) is 11.3 Å². The largest absolute Gasteiger partial charge is 0.467 e. The van der Waals surface area contributed by atoms with Crippen LogP contribution in [0.4, 0.5) is 4.39 Å². The lowest BCUT2D eigenvalue weighted by Gasteiger charge is -2.17. The summed E-state index contributed by atoms with van der Waals surface area (Å²) >= 11 is 0. The van der Waals surface area contributed by atoms with E-state index in [9.17, 15) is 9.18 Å². The summed E-state index contributed by atoms with van der Waals surface area (Å²) in [7, 11) is 1.72. The number of aromatic nitrogens is 1. The van der Waals surface area contributed by atoms with E-state index >= 15 is 0 Å². The predicted molar refractivity (Wildman–Crippen MR) is 88.9 cm³/mol. The lowest BCUT2D eigenvalue weighted by Crippen LogP contribution is -2.27. The highest BCUT2D eigenvalue weighted by Crippen LogP contribution is 2.20. The fourth-order valence-corrected chi connectivity index (χ4v) is 2.48. The van der Waals surface area contributed by atoms with Gasteiger partial charge in [0.1, 0.15) is 11.6 Å². The summed E-state index contributed by atoms with van der Waals surface area (Å²) in [5, 5.41) is 0. The van der Waals surface area contributed by atoms with Crippen molar-refractivity contribution in [3.05, 3.63) is 77.6 Å². The van der Waals surface area contributed by atoms with Crippen LogP contribution in [0, 0.1) is 12.7 Å². The van der Waals surface area contributed by atoms with E-state index < -0.39 is 0 Å². The van der Waals surface area contributed by atoms with Crippen molar-refractivity contribution in [2.45, 2.75) is 13.5 Å². The van der Waals surface area contributed by atoms with Gasteiger partial charge in [0.15, 0.2) is 0 Å². The van der Waals surface area contributed by atoms with Crippen molar-refractivity contribution < 1.29 is 13.6 Å². The fraction of sp³-hybridized carbons (Fsp3) is 0.158. The number of hydrogen-bond acceptors (Lipinski definition) is 3. The van der Waals surface area contributed by atoms with Gasteiger partial charge in [0.2, 0.25) is 0 Å². The zero-order valence-corrected chi connectivity index (χ0v) is 13.5. The van der Waals surface area contributed by atoms with Gasteiger partial charge in [-0.15, -0.1) is 0 Å². The lowest BCUT2D eigenvalue weighted by atomic mass is 10.1. The number of aryl methyl sites for hydroxylation is 1. The third-order valence-electron chi connectivity index (χ3n) is 3.78. The lowest BCUT2D eigenvalue weighted by molar-refractivity contribution is 0.0774. The number of hydrogen-bond donors (Lipinski definition) is 0. The van der Waals surface area contributed by atoms with Crippen LogP contribution in [0.1, 0.15) is 21.8 Å². The molecule has 0 radical (unpaired) electrons. The molecular weight excluding hydrogens is 307 g/mol. The highest BCUT2D eigenvalue weighted by Gasteiger charge is 2.16. The van der Waals surface area contributed by atoms with Crippen molar-refractivity contribution in [2.75, 3.05) is 7.05 Å². The molecule has 1 amide bonds. The van der Waals surface area contributed by atoms with E-state index in [4.69, 9.17) is 4.42 Å². The molecule has 0 N–H and O–H groups in total. The van der Waals surface area contributed by atoms with E-state index in [0.717, 1.165) is 11.3 Å². The Morgan fingerprint density at radius 1 is 1.17 bits per heavy atom. The first-order chi connectivity index (χ1) is 11.5. The third kappa shape index (κ3) is 3.35. The maximum atomic E-state index is 13.0. The molecule has 0 bridgehead atoms. The summed E-state index contributed by atoms with van der Waals surface area (Å²) in [5.41, 5.74) is 2.68. The highest BCUT2D eigenvalue weighted by atomic mass is 19.1. The van der Waals surface area contributed by atoms with Gasteiger partial charge in [-0.3, -0.25) is 9.78 Å². The van der Waals surface area contributed by atoms with E-state index in [1.165, 1.54) is 12.1 Å². The summed E-state index contributed by atoms with van der Waals surface area (Å²) in [6.45, 7) is 2.19. The van der Waals surface area contributed by atoms with Gasteiger partial charge in [-0.25, -0.2) is 4.39 Å². The van der Waals surface area contributed by atoms with Gasteiger partial charge in [0.05, 0.1) is 29.8 Å². The molecule has 0 saturated carbocycles. The van der Waals surface area contributed by atoms with Crippen molar-refractivity contribution in [3.63, 3.8) is 0 Å². The van der Waals surface area contributed by atoms with Crippen molar-refractivity contribution in [3.8, 4) is 11.3 Å². The van der Waals surface area contributed by atoms with Crippen molar-refractivity contribution >= 4 is 5.91 Å². The Bertz CT molecular complexity index is 842. The monoisotopic (exact) mass is 324 g/mol. The van der Waals surface area contributed by atoms with E-state index in [0.29, 0.717) is 23.5 Å². The molecule has 3 aromatic rings. The van der Waals surface area contributed by atoms with Crippen molar-refractivity contribution in [1.29, 1.82) is 0 Å². The van der Waals surface area contributed by atoms with Gasteiger partial charge >= 0.3 is 0 Å². The maximum Gasteiger partial charge on any atom is 0.255 e. The molecule has 0 saturated heterocycles. The number of furan rings is 1. The smallest absolute Gasteiger partial charge is 0.255 e. The number of amides is 1. The zero-order valence-electron chi connectivity index (χ0n) is 13.5. The molecule has 0 aliphatic rings. The number of benzene rings is 1. The minimum atomic E-state index is -0.290. The van der Waals surface area contributed by atoms with Crippen LogP contribution >= 0.6 is 0 Å². The van der Waals surface area contributed by atoms with Crippen LogP contribution < -0.4 is 0 Å². The van der Waals surface area contributed by atoms with Crippen LogP contribution in [-0.4, -0.2) is 22.8 Å². The first kappa shape index (κ1) is 15.9. The molecule has 3 rings (SSSR count). The molecule has 24 heavy (non-hydrogen) atoms. The Hall–Kier alpha value is -2.95. The highest BCUT2D eigenvalue weighted by molar-refractivity contribution is 5.95. The van der Waals surface area contributed by atoms with Crippen LogP contribution in [0.3, 0.4) is 0 Å². The average Bonchev–Trinajstić information content (AvgIpc) is 3.08. The molecule has 0 atom stereocenters. The Morgan fingerprint density at radius 3 is 2.54 bits per heavy atom. The first-order valence-corrected chi connectivity index (χ1v) is 7.56. The molecule has 4 nitrogen and oxygen atoms in total. The van der Waals surface area contributed by atoms with E-state index in [-0.39, 0.29) is 11.7 Å². The molecule has 2 aromatic heterocycles. The van der Waals surface area contributed by atoms with Gasteiger partial charge in [-0.2, -0.15) is 0 Å². The number of carbonyl (C=O) groups is 1. The molecule has 0 fully saturated rings. The minimum absolute atomic E-state index is 0.123. The second-order valence-corrected chi connectivity index (χ2v) is 5.58. The van der Waals surface area contributed by atoms with E-state index in [1.807, 2.05) is 6.07 Å². The average molecular weight is 324 g/mol. The van der Waals surface area contributed by atoms with Crippen molar-refractivity contribution in [1.82, 2.24) is 9.88 Å². The second-order valence-electron chi connectivity index (χ2n) is 5.58. The molecule has 0 unspecified atom stereocenters. The topological polar surface area (TPSA) is 46.3 Å². The zero-order chi connectivity index (χ0) is 17.1. The first-order valence-electron chi connectivity index (χ1n) is 7.56. The molecule has 5 heteroatoms. The van der Waals surface area contributed by atoms with Gasteiger partial charge in [0, 0.05) is 12.6 Å². The molecule has 122 valence electrons. The van der Waals surface area contributed by atoms with Crippen LogP contribution in [-0.2, 0) is 6.54 Å². The van der Waals surface area contributed by atoms with E-state index in [2.05, 4.69) is 4.98 Å². The maximum absolute atomic E-state index is 13.0.